The molecule has 0 aliphatic carbocycles. The van der Waals surface area contributed by atoms with Crippen molar-refractivity contribution in [1.82, 2.24) is 10.3 Å². The van der Waals surface area contributed by atoms with Crippen molar-refractivity contribution in [3.05, 3.63) is 24.0 Å². The molecule has 0 atom stereocenters. The summed E-state index contributed by atoms with van der Waals surface area (Å²) in [7, 11) is 0. The molecule has 1 rings (SSSR count). The summed E-state index contributed by atoms with van der Waals surface area (Å²) in [5.41, 5.74) is 2.63. The minimum Gasteiger partial charge on any atom is -0.371 e. The first kappa shape index (κ1) is 16.0. The second-order valence-electron chi connectivity index (χ2n) is 5.98. The molecule has 1 aromatic rings. The van der Waals surface area contributed by atoms with Gasteiger partial charge in [0.05, 0.1) is 0 Å². The molecule has 0 fully saturated rings. The molecule has 1 N–H and O–H groups in total. The van der Waals surface area contributed by atoms with Crippen molar-refractivity contribution in [1.29, 1.82) is 0 Å². The van der Waals surface area contributed by atoms with E-state index in [1.165, 1.54) is 11.3 Å². The third-order valence-corrected chi connectivity index (χ3v) is 2.96. The van der Waals surface area contributed by atoms with Gasteiger partial charge in [-0.3, -0.25) is 4.98 Å². The van der Waals surface area contributed by atoms with Crippen LogP contribution in [0.2, 0.25) is 0 Å². The molecule has 0 amide bonds. The monoisotopic (exact) mass is 263 g/mol. The minimum atomic E-state index is 0.666. The highest BCUT2D eigenvalue weighted by molar-refractivity contribution is 5.52. The first-order valence-electron chi connectivity index (χ1n) is 7.43. The van der Waals surface area contributed by atoms with Crippen LogP contribution in [0.25, 0.3) is 0 Å². The van der Waals surface area contributed by atoms with Crippen LogP contribution in [0.1, 0.15) is 40.2 Å². The molecule has 3 heteroatoms. The Kier molecular flexibility index (Phi) is 6.85. The van der Waals surface area contributed by atoms with Crippen LogP contribution in [0, 0.1) is 11.8 Å². The molecule has 0 aromatic carbocycles. The average molecular weight is 263 g/mol. The van der Waals surface area contributed by atoms with Gasteiger partial charge in [-0.15, -0.1) is 0 Å². The quantitative estimate of drug-likeness (QED) is 0.780. The highest BCUT2D eigenvalue weighted by Crippen LogP contribution is 2.21. The van der Waals surface area contributed by atoms with Gasteiger partial charge < -0.3 is 10.2 Å². The largest absolute Gasteiger partial charge is 0.371 e. The Morgan fingerprint density at radius 1 is 1.16 bits per heavy atom. The van der Waals surface area contributed by atoms with Crippen molar-refractivity contribution in [3.8, 4) is 0 Å². The molecule has 1 heterocycles. The van der Waals surface area contributed by atoms with Gasteiger partial charge in [0.2, 0.25) is 0 Å². The Labute approximate surface area is 118 Å². The summed E-state index contributed by atoms with van der Waals surface area (Å²) in [5.74, 6) is 1.33. The van der Waals surface area contributed by atoms with Gasteiger partial charge in [-0.2, -0.15) is 0 Å². The van der Waals surface area contributed by atoms with Crippen molar-refractivity contribution in [2.45, 2.75) is 41.2 Å². The van der Waals surface area contributed by atoms with Crippen molar-refractivity contribution in [2.75, 3.05) is 24.5 Å². The predicted molar refractivity (Wildman–Crippen MR) is 83.5 cm³/mol. The van der Waals surface area contributed by atoms with E-state index in [2.05, 4.69) is 55.9 Å². The molecular formula is C16H29N3. The average Bonchev–Trinajstić information content (AvgIpc) is 2.35. The summed E-state index contributed by atoms with van der Waals surface area (Å²) in [5, 5.41) is 3.40. The minimum absolute atomic E-state index is 0.666. The smallest absolute Gasteiger partial charge is 0.0442 e. The van der Waals surface area contributed by atoms with E-state index in [0.717, 1.165) is 26.2 Å². The van der Waals surface area contributed by atoms with E-state index in [4.69, 9.17) is 0 Å². The lowest BCUT2D eigenvalue weighted by molar-refractivity contribution is 0.550. The van der Waals surface area contributed by atoms with Crippen LogP contribution in [0.5, 0.6) is 0 Å². The maximum absolute atomic E-state index is 4.27. The van der Waals surface area contributed by atoms with Crippen LogP contribution >= 0.6 is 0 Å². The number of nitrogens with one attached hydrogen (secondary N) is 1. The van der Waals surface area contributed by atoms with Crippen LogP contribution in [-0.4, -0.2) is 24.6 Å². The SMILES string of the molecule is CCNCc1cnccc1N(CC(C)C)CC(C)C. The van der Waals surface area contributed by atoms with Gasteiger partial charge in [-0.05, 0) is 24.4 Å². The molecule has 19 heavy (non-hydrogen) atoms. The Bertz CT molecular complexity index is 351. The zero-order valence-corrected chi connectivity index (χ0v) is 13.1. The molecule has 0 aliphatic heterocycles. The summed E-state index contributed by atoms with van der Waals surface area (Å²) < 4.78 is 0. The highest BCUT2D eigenvalue weighted by atomic mass is 15.1. The van der Waals surface area contributed by atoms with E-state index in [9.17, 15) is 0 Å². The maximum Gasteiger partial charge on any atom is 0.0442 e. The Morgan fingerprint density at radius 3 is 2.32 bits per heavy atom. The van der Waals surface area contributed by atoms with Gasteiger partial charge in [0.15, 0.2) is 0 Å². The molecular weight excluding hydrogens is 234 g/mol. The van der Waals surface area contributed by atoms with Gasteiger partial charge in [-0.25, -0.2) is 0 Å². The van der Waals surface area contributed by atoms with E-state index in [0.29, 0.717) is 11.8 Å². The van der Waals surface area contributed by atoms with Gasteiger partial charge in [-0.1, -0.05) is 34.6 Å². The summed E-state index contributed by atoms with van der Waals surface area (Å²) in [6, 6.07) is 2.15. The number of aromatic nitrogens is 1. The topological polar surface area (TPSA) is 28.2 Å². The maximum atomic E-state index is 4.27. The van der Waals surface area contributed by atoms with Gasteiger partial charge in [0.25, 0.3) is 0 Å². The van der Waals surface area contributed by atoms with E-state index < -0.39 is 0 Å². The molecule has 1 aromatic heterocycles. The first-order chi connectivity index (χ1) is 9.04. The third-order valence-electron chi connectivity index (χ3n) is 2.96. The molecule has 108 valence electrons. The Hall–Kier alpha value is -1.09. The summed E-state index contributed by atoms with van der Waals surface area (Å²) in [6.07, 6.45) is 3.89. The summed E-state index contributed by atoms with van der Waals surface area (Å²) >= 11 is 0. The molecule has 0 aliphatic rings. The van der Waals surface area contributed by atoms with Crippen LogP contribution in [0.4, 0.5) is 5.69 Å². The van der Waals surface area contributed by atoms with Crippen LogP contribution in [0.15, 0.2) is 18.5 Å². The van der Waals surface area contributed by atoms with E-state index in [1.54, 1.807) is 0 Å². The lowest BCUT2D eigenvalue weighted by Crippen LogP contribution is -2.32. The zero-order chi connectivity index (χ0) is 14.3. The number of nitrogens with zero attached hydrogens (tertiary/aromatic N) is 2. The van der Waals surface area contributed by atoms with E-state index >= 15 is 0 Å². The van der Waals surface area contributed by atoms with Crippen molar-refractivity contribution >= 4 is 5.69 Å². The number of pyridine rings is 1. The van der Waals surface area contributed by atoms with Gasteiger partial charge >= 0.3 is 0 Å². The standard InChI is InChI=1S/C16H29N3/c1-6-17-9-15-10-18-8-7-16(15)19(11-13(2)3)12-14(4)5/h7-8,10,13-14,17H,6,9,11-12H2,1-5H3. The third kappa shape index (κ3) is 5.60. The van der Waals surface area contributed by atoms with Crippen molar-refractivity contribution in [2.24, 2.45) is 11.8 Å². The highest BCUT2D eigenvalue weighted by Gasteiger charge is 2.13. The Morgan fingerprint density at radius 2 is 1.79 bits per heavy atom. The summed E-state index contributed by atoms with van der Waals surface area (Å²) in [4.78, 5) is 6.78. The molecule has 0 saturated heterocycles. The van der Waals surface area contributed by atoms with E-state index in [-0.39, 0.29) is 0 Å². The Balaban J connectivity index is 2.92. The number of hydrogen-bond donors (Lipinski definition) is 1. The second kappa shape index (κ2) is 8.16. The van der Waals surface area contributed by atoms with Crippen molar-refractivity contribution in [3.63, 3.8) is 0 Å². The fraction of sp³-hybridized carbons (Fsp3) is 0.688. The molecule has 0 bridgehead atoms. The summed E-state index contributed by atoms with van der Waals surface area (Å²) in [6.45, 7) is 15.3. The molecule has 3 nitrogen and oxygen atoms in total. The fourth-order valence-electron chi connectivity index (χ4n) is 2.28. The number of rotatable bonds is 8. The fourth-order valence-corrected chi connectivity index (χ4v) is 2.28. The second-order valence-corrected chi connectivity index (χ2v) is 5.98. The zero-order valence-electron chi connectivity index (χ0n) is 13.1. The number of anilines is 1. The lowest BCUT2D eigenvalue weighted by atomic mass is 10.1. The predicted octanol–water partition coefficient (Wildman–Crippen LogP) is 3.31. The molecule has 0 radical (unpaired) electrons. The molecule has 0 saturated carbocycles. The lowest BCUT2D eigenvalue weighted by Gasteiger charge is -2.30. The molecule has 0 unspecified atom stereocenters. The number of hydrogen-bond acceptors (Lipinski definition) is 3. The van der Waals surface area contributed by atoms with Gasteiger partial charge in [0, 0.05) is 43.3 Å². The molecule has 0 spiro atoms. The first-order valence-corrected chi connectivity index (χ1v) is 7.43. The van der Waals surface area contributed by atoms with E-state index in [1.807, 2.05) is 12.4 Å². The van der Waals surface area contributed by atoms with Crippen LogP contribution in [0.3, 0.4) is 0 Å². The normalized spacial score (nSPS) is 11.3. The van der Waals surface area contributed by atoms with Crippen LogP contribution < -0.4 is 10.2 Å². The van der Waals surface area contributed by atoms with Crippen LogP contribution in [-0.2, 0) is 6.54 Å². The van der Waals surface area contributed by atoms with Gasteiger partial charge in [0.1, 0.15) is 0 Å². The van der Waals surface area contributed by atoms with Crippen molar-refractivity contribution < 1.29 is 0 Å².